The molecule has 5 nitrogen and oxygen atoms in total. The maximum Gasteiger partial charge on any atom is 0.205 e. The van der Waals surface area contributed by atoms with E-state index in [9.17, 15) is 5.26 Å². The van der Waals surface area contributed by atoms with Crippen molar-refractivity contribution < 1.29 is 9.47 Å². The van der Waals surface area contributed by atoms with E-state index in [0.717, 1.165) is 22.6 Å². The molecule has 0 spiro atoms. The van der Waals surface area contributed by atoms with Gasteiger partial charge in [0.2, 0.25) is 5.88 Å². The van der Waals surface area contributed by atoms with E-state index in [1.807, 2.05) is 61.5 Å². The molecule has 24 heavy (non-hydrogen) atoms. The molecular weight excluding hydrogens is 302 g/mol. The van der Waals surface area contributed by atoms with Crippen molar-refractivity contribution in [1.29, 1.82) is 5.26 Å². The monoisotopic (exact) mass is 321 g/mol. The highest BCUT2D eigenvalue weighted by molar-refractivity contribution is 5.61. The zero-order valence-corrected chi connectivity index (χ0v) is 13.9. The van der Waals surface area contributed by atoms with Crippen LogP contribution in [-0.4, -0.2) is 21.2 Å². The summed E-state index contributed by atoms with van der Waals surface area (Å²) in [7, 11) is 5.55. The van der Waals surface area contributed by atoms with Gasteiger partial charge in [0.25, 0.3) is 0 Å². The molecule has 1 heterocycles. The van der Waals surface area contributed by atoms with Gasteiger partial charge in [-0.15, -0.1) is 0 Å². The summed E-state index contributed by atoms with van der Waals surface area (Å²) in [4.78, 5) is 1.99. The lowest BCUT2D eigenvalue weighted by Gasteiger charge is -2.27. The van der Waals surface area contributed by atoms with Crippen LogP contribution < -0.4 is 20.1 Å². The molecule has 0 fully saturated rings. The first-order chi connectivity index (χ1) is 11.5. The summed E-state index contributed by atoms with van der Waals surface area (Å²) in [6, 6.07) is 15.8. The van der Waals surface area contributed by atoms with E-state index in [-0.39, 0.29) is 11.8 Å². The number of allylic oxidation sites excluding steroid dienone is 1. The van der Waals surface area contributed by atoms with Gasteiger partial charge in [0.15, 0.2) is 0 Å². The Labute approximate surface area is 141 Å². The smallest absolute Gasteiger partial charge is 0.205 e. The number of fused-ring (bicyclic) bond motifs is 1. The number of benzene rings is 2. The number of nitrogens with two attached hydrogens (primary N) is 1. The maximum atomic E-state index is 9.58. The fraction of sp³-hybridized carbons (Fsp3) is 0.211. The summed E-state index contributed by atoms with van der Waals surface area (Å²) in [5, 5.41) is 9.58. The molecule has 5 heteroatoms. The van der Waals surface area contributed by atoms with Crippen LogP contribution in [0.3, 0.4) is 0 Å². The third-order valence-corrected chi connectivity index (χ3v) is 4.15. The molecule has 122 valence electrons. The molecule has 0 radical (unpaired) electrons. The zero-order valence-electron chi connectivity index (χ0n) is 13.9. The van der Waals surface area contributed by atoms with Crippen molar-refractivity contribution >= 4 is 5.69 Å². The summed E-state index contributed by atoms with van der Waals surface area (Å²) in [5.41, 5.74) is 9.29. The third kappa shape index (κ3) is 2.63. The van der Waals surface area contributed by atoms with Gasteiger partial charge in [0.1, 0.15) is 23.1 Å². The molecule has 0 bridgehead atoms. The van der Waals surface area contributed by atoms with Gasteiger partial charge in [-0.2, -0.15) is 5.26 Å². The Morgan fingerprint density at radius 1 is 1.21 bits per heavy atom. The van der Waals surface area contributed by atoms with Gasteiger partial charge in [-0.1, -0.05) is 18.2 Å². The van der Waals surface area contributed by atoms with E-state index in [4.69, 9.17) is 15.2 Å². The topological polar surface area (TPSA) is 71.5 Å². The molecule has 2 aromatic rings. The zero-order chi connectivity index (χ0) is 17.3. The first kappa shape index (κ1) is 15.8. The normalized spacial score (nSPS) is 16.0. The van der Waals surface area contributed by atoms with Crippen molar-refractivity contribution in [2.75, 3.05) is 26.1 Å². The average molecular weight is 321 g/mol. The Morgan fingerprint density at radius 2 is 2.00 bits per heavy atom. The molecule has 3 rings (SSSR count). The summed E-state index contributed by atoms with van der Waals surface area (Å²) in [6.45, 7) is 0. The van der Waals surface area contributed by atoms with Crippen LogP contribution in [0.25, 0.3) is 0 Å². The molecule has 2 aromatic carbocycles. The lowest BCUT2D eigenvalue weighted by molar-refractivity contribution is 0.393. The molecule has 0 unspecified atom stereocenters. The molecule has 2 N–H and O–H groups in total. The number of hydrogen-bond acceptors (Lipinski definition) is 5. The van der Waals surface area contributed by atoms with Gasteiger partial charge in [0, 0.05) is 31.4 Å². The Hall–Kier alpha value is -3.13. The average Bonchev–Trinajstić information content (AvgIpc) is 2.59. The van der Waals surface area contributed by atoms with Crippen LogP contribution in [0.15, 0.2) is 53.9 Å². The summed E-state index contributed by atoms with van der Waals surface area (Å²) >= 11 is 0. The predicted molar refractivity (Wildman–Crippen MR) is 93.1 cm³/mol. The lowest BCUT2D eigenvalue weighted by Crippen LogP contribution is -2.21. The first-order valence-electron chi connectivity index (χ1n) is 7.58. The van der Waals surface area contributed by atoms with Crippen molar-refractivity contribution in [1.82, 2.24) is 0 Å². The van der Waals surface area contributed by atoms with Crippen molar-refractivity contribution in [3.05, 3.63) is 65.0 Å². The molecule has 0 aromatic heterocycles. The number of nitrogens with zero attached hydrogens (tertiary/aromatic N) is 2. The van der Waals surface area contributed by atoms with Gasteiger partial charge < -0.3 is 20.1 Å². The van der Waals surface area contributed by atoms with Gasteiger partial charge in [0.05, 0.1) is 13.0 Å². The minimum atomic E-state index is -0.273. The van der Waals surface area contributed by atoms with Crippen LogP contribution in [0, 0.1) is 11.3 Å². The van der Waals surface area contributed by atoms with Crippen LogP contribution in [0.1, 0.15) is 17.0 Å². The second kappa shape index (κ2) is 6.17. The minimum Gasteiger partial charge on any atom is -0.497 e. The highest BCUT2D eigenvalue weighted by atomic mass is 16.5. The fourth-order valence-corrected chi connectivity index (χ4v) is 2.89. The van der Waals surface area contributed by atoms with Crippen molar-refractivity contribution in [2.45, 2.75) is 5.92 Å². The maximum absolute atomic E-state index is 9.58. The van der Waals surface area contributed by atoms with Crippen LogP contribution in [0.4, 0.5) is 5.69 Å². The van der Waals surface area contributed by atoms with E-state index in [0.29, 0.717) is 11.3 Å². The molecule has 0 saturated heterocycles. The van der Waals surface area contributed by atoms with Crippen molar-refractivity contribution in [3.8, 4) is 17.6 Å². The van der Waals surface area contributed by atoms with Crippen molar-refractivity contribution in [3.63, 3.8) is 0 Å². The van der Waals surface area contributed by atoms with Crippen LogP contribution in [0.2, 0.25) is 0 Å². The number of nitriles is 1. The number of methoxy groups -OCH3 is 1. The predicted octanol–water partition coefficient (Wildman–Crippen LogP) is 2.98. The standard InChI is InChI=1S/C19H19N3O2/c1-22(2)13-7-8-15-17(10-13)24-19(21)16(11-20)18(15)12-5-4-6-14(9-12)23-3/h4-10,18H,21H2,1-3H3/t18-/m1/s1. The van der Waals surface area contributed by atoms with Crippen LogP contribution >= 0.6 is 0 Å². The molecule has 1 aliphatic rings. The summed E-state index contributed by atoms with van der Waals surface area (Å²) in [5.74, 6) is 1.28. The molecule has 1 aliphatic heterocycles. The number of anilines is 1. The lowest BCUT2D eigenvalue weighted by atomic mass is 9.83. The van der Waals surface area contributed by atoms with E-state index >= 15 is 0 Å². The molecule has 0 amide bonds. The number of rotatable bonds is 3. The summed E-state index contributed by atoms with van der Waals surface area (Å²) < 4.78 is 11.0. The Morgan fingerprint density at radius 3 is 2.67 bits per heavy atom. The van der Waals surface area contributed by atoms with Gasteiger partial charge in [-0.05, 0) is 23.8 Å². The van der Waals surface area contributed by atoms with E-state index in [1.54, 1.807) is 7.11 Å². The molecular formula is C19H19N3O2. The first-order valence-corrected chi connectivity index (χ1v) is 7.58. The summed E-state index contributed by atoms with van der Waals surface area (Å²) in [6.07, 6.45) is 0. The van der Waals surface area contributed by atoms with Gasteiger partial charge in [-0.25, -0.2) is 0 Å². The highest BCUT2D eigenvalue weighted by Crippen LogP contribution is 2.43. The molecule has 0 aliphatic carbocycles. The van der Waals surface area contributed by atoms with E-state index < -0.39 is 0 Å². The molecule has 0 saturated carbocycles. The largest absolute Gasteiger partial charge is 0.497 e. The highest BCUT2D eigenvalue weighted by Gasteiger charge is 2.31. The van der Waals surface area contributed by atoms with E-state index in [2.05, 4.69) is 6.07 Å². The number of ether oxygens (including phenoxy) is 2. The Balaban J connectivity index is 2.18. The van der Waals surface area contributed by atoms with Gasteiger partial charge >= 0.3 is 0 Å². The second-order valence-corrected chi connectivity index (χ2v) is 5.82. The molecule has 1 atom stereocenters. The fourth-order valence-electron chi connectivity index (χ4n) is 2.89. The third-order valence-electron chi connectivity index (χ3n) is 4.15. The van der Waals surface area contributed by atoms with Gasteiger partial charge in [-0.3, -0.25) is 0 Å². The number of hydrogen-bond donors (Lipinski definition) is 1. The Kier molecular flexibility index (Phi) is 4.05. The minimum absolute atomic E-state index is 0.147. The Bertz CT molecular complexity index is 850. The van der Waals surface area contributed by atoms with E-state index in [1.165, 1.54) is 0 Å². The van der Waals surface area contributed by atoms with Crippen LogP contribution in [0.5, 0.6) is 11.5 Å². The van der Waals surface area contributed by atoms with Crippen LogP contribution in [-0.2, 0) is 0 Å². The SMILES string of the molecule is COc1cccc([C@H]2C(C#N)=C(N)Oc3cc(N(C)C)ccc32)c1. The van der Waals surface area contributed by atoms with Crippen molar-refractivity contribution in [2.24, 2.45) is 5.73 Å². The second-order valence-electron chi connectivity index (χ2n) is 5.82. The quantitative estimate of drug-likeness (QED) is 0.941.